The Morgan fingerprint density at radius 1 is 1.25 bits per heavy atom. The topological polar surface area (TPSA) is 45.9 Å². The molecule has 0 aliphatic carbocycles. The van der Waals surface area contributed by atoms with E-state index in [0.29, 0.717) is 0 Å². The van der Waals surface area contributed by atoms with Gasteiger partial charge in [0.25, 0.3) is 0 Å². The van der Waals surface area contributed by atoms with Gasteiger partial charge in [-0.15, -0.1) is 24.8 Å². The Hall–Kier alpha value is -1.69. The van der Waals surface area contributed by atoms with Crippen LogP contribution >= 0.6 is 11.6 Å². The molecule has 0 aromatic carbocycles. The fourth-order valence-electron chi connectivity index (χ4n) is 1.40. The molecule has 0 unspecified atom stereocenters. The van der Waals surface area contributed by atoms with Gasteiger partial charge in [-0.3, -0.25) is 4.98 Å². The highest BCUT2D eigenvalue weighted by molar-refractivity contribution is 6.17. The third-order valence-electron chi connectivity index (χ3n) is 2.08. The standard InChI is InChI=1S/C10H5ClF6N2O/c11-3-5-4-19-6(1-2-18)7(9(12,13)14)8(5)20-10(15,16)17/h4H,1,3H2. The van der Waals surface area contributed by atoms with E-state index in [-0.39, 0.29) is 0 Å². The van der Waals surface area contributed by atoms with Crippen LogP contribution < -0.4 is 4.74 Å². The summed E-state index contributed by atoms with van der Waals surface area (Å²) in [6.07, 6.45) is -10.6. The monoisotopic (exact) mass is 318 g/mol. The van der Waals surface area contributed by atoms with Gasteiger partial charge in [0.2, 0.25) is 0 Å². The van der Waals surface area contributed by atoms with Crippen LogP contribution in [-0.4, -0.2) is 11.3 Å². The largest absolute Gasteiger partial charge is 0.573 e. The summed E-state index contributed by atoms with van der Waals surface area (Å²) in [5.41, 5.74) is -3.17. The molecule has 0 radical (unpaired) electrons. The zero-order valence-electron chi connectivity index (χ0n) is 9.44. The van der Waals surface area contributed by atoms with Crippen LogP contribution in [0, 0.1) is 11.3 Å². The van der Waals surface area contributed by atoms with E-state index in [4.69, 9.17) is 16.9 Å². The van der Waals surface area contributed by atoms with E-state index in [2.05, 4.69) is 9.72 Å². The van der Waals surface area contributed by atoms with Gasteiger partial charge in [0.15, 0.2) is 0 Å². The lowest BCUT2D eigenvalue weighted by molar-refractivity contribution is -0.276. The number of alkyl halides is 7. The Balaban J connectivity index is 3.57. The lowest BCUT2D eigenvalue weighted by Gasteiger charge is -2.19. The first-order valence-electron chi connectivity index (χ1n) is 4.86. The molecule has 20 heavy (non-hydrogen) atoms. The van der Waals surface area contributed by atoms with Crippen molar-refractivity contribution in [1.82, 2.24) is 4.98 Å². The molecule has 110 valence electrons. The highest BCUT2D eigenvalue weighted by Crippen LogP contribution is 2.42. The Bertz CT molecular complexity index is 534. The maximum Gasteiger partial charge on any atom is 0.573 e. The van der Waals surface area contributed by atoms with Crippen LogP contribution in [0.15, 0.2) is 6.20 Å². The predicted molar refractivity (Wildman–Crippen MR) is 54.8 cm³/mol. The minimum Gasteiger partial charge on any atom is -0.405 e. The quantitative estimate of drug-likeness (QED) is 0.629. The van der Waals surface area contributed by atoms with Crippen molar-refractivity contribution in [3.8, 4) is 11.8 Å². The summed E-state index contributed by atoms with van der Waals surface area (Å²) in [6.45, 7) is 0. The minimum atomic E-state index is -5.33. The summed E-state index contributed by atoms with van der Waals surface area (Å²) in [6, 6.07) is 1.39. The van der Waals surface area contributed by atoms with Crippen LogP contribution in [0.3, 0.4) is 0 Å². The molecule has 0 fully saturated rings. The lowest BCUT2D eigenvalue weighted by atomic mass is 10.1. The number of halogens is 7. The second kappa shape index (κ2) is 5.75. The van der Waals surface area contributed by atoms with Crippen molar-refractivity contribution in [1.29, 1.82) is 5.26 Å². The van der Waals surface area contributed by atoms with Gasteiger partial charge < -0.3 is 4.74 Å². The first-order chi connectivity index (χ1) is 9.10. The van der Waals surface area contributed by atoms with E-state index in [0.717, 1.165) is 6.20 Å². The fraction of sp³-hybridized carbons (Fsp3) is 0.400. The third-order valence-corrected chi connectivity index (χ3v) is 2.36. The molecule has 1 heterocycles. The number of nitrogens with zero attached hydrogens (tertiary/aromatic N) is 2. The molecule has 0 N–H and O–H groups in total. The summed E-state index contributed by atoms with van der Waals surface area (Å²) >= 11 is 5.29. The van der Waals surface area contributed by atoms with Gasteiger partial charge in [-0.25, -0.2) is 0 Å². The van der Waals surface area contributed by atoms with Crippen molar-refractivity contribution in [2.75, 3.05) is 0 Å². The van der Waals surface area contributed by atoms with Gasteiger partial charge in [-0.1, -0.05) is 0 Å². The van der Waals surface area contributed by atoms with E-state index in [1.54, 1.807) is 0 Å². The molecule has 3 nitrogen and oxygen atoms in total. The molecule has 0 atom stereocenters. The molecular formula is C10H5ClF6N2O. The molecule has 0 bridgehead atoms. The smallest absolute Gasteiger partial charge is 0.405 e. The highest BCUT2D eigenvalue weighted by Gasteiger charge is 2.43. The van der Waals surface area contributed by atoms with Crippen molar-refractivity contribution < 1.29 is 31.1 Å². The number of rotatable bonds is 3. The number of hydrogen-bond donors (Lipinski definition) is 0. The van der Waals surface area contributed by atoms with Crippen LogP contribution in [0.25, 0.3) is 0 Å². The first-order valence-corrected chi connectivity index (χ1v) is 5.40. The lowest BCUT2D eigenvalue weighted by Crippen LogP contribution is -2.23. The zero-order chi connectivity index (χ0) is 15.6. The van der Waals surface area contributed by atoms with Crippen LogP contribution in [0.2, 0.25) is 0 Å². The number of nitriles is 1. The maximum absolute atomic E-state index is 12.9. The molecular weight excluding hydrogens is 314 g/mol. The Labute approximate surface area is 113 Å². The molecule has 1 rings (SSSR count). The van der Waals surface area contributed by atoms with E-state index in [9.17, 15) is 26.3 Å². The van der Waals surface area contributed by atoms with Crippen LogP contribution in [-0.2, 0) is 18.5 Å². The van der Waals surface area contributed by atoms with Crippen molar-refractivity contribution >= 4 is 11.6 Å². The number of ether oxygens (including phenoxy) is 1. The fourth-order valence-corrected chi connectivity index (χ4v) is 1.59. The van der Waals surface area contributed by atoms with Crippen LogP contribution in [0.1, 0.15) is 16.8 Å². The summed E-state index contributed by atoms with van der Waals surface area (Å²) in [4.78, 5) is 3.32. The molecule has 0 spiro atoms. The normalized spacial score (nSPS) is 12.1. The van der Waals surface area contributed by atoms with E-state index >= 15 is 0 Å². The molecule has 1 aromatic rings. The van der Waals surface area contributed by atoms with Crippen LogP contribution in [0.4, 0.5) is 26.3 Å². The summed E-state index contributed by atoms with van der Waals surface area (Å²) in [5, 5.41) is 8.41. The molecule has 1 aromatic heterocycles. The van der Waals surface area contributed by atoms with Gasteiger partial charge in [0.1, 0.15) is 11.3 Å². The molecule has 0 aliphatic heterocycles. The van der Waals surface area contributed by atoms with Gasteiger partial charge in [0.05, 0.1) is 24.1 Å². The Kier molecular flexibility index (Phi) is 4.70. The average molecular weight is 319 g/mol. The molecule has 0 saturated carbocycles. The maximum atomic E-state index is 12.9. The Morgan fingerprint density at radius 3 is 2.25 bits per heavy atom. The van der Waals surface area contributed by atoms with E-state index in [1.165, 1.54) is 6.07 Å². The first kappa shape index (κ1) is 16.4. The van der Waals surface area contributed by atoms with Gasteiger partial charge in [-0.05, 0) is 0 Å². The second-order valence-corrected chi connectivity index (χ2v) is 3.72. The van der Waals surface area contributed by atoms with Crippen molar-refractivity contribution in [3.63, 3.8) is 0 Å². The zero-order valence-corrected chi connectivity index (χ0v) is 10.2. The summed E-state index contributed by atoms with van der Waals surface area (Å²) in [7, 11) is 0. The minimum absolute atomic E-state index is 0.571. The molecule has 0 aliphatic rings. The summed E-state index contributed by atoms with van der Waals surface area (Å²) < 4.78 is 78.7. The van der Waals surface area contributed by atoms with E-state index in [1.807, 2.05) is 0 Å². The SMILES string of the molecule is N#CCc1ncc(CCl)c(OC(F)(F)F)c1C(F)(F)F. The van der Waals surface area contributed by atoms with Gasteiger partial charge in [0, 0.05) is 11.8 Å². The average Bonchev–Trinajstić information content (AvgIpc) is 2.25. The summed E-state index contributed by atoms with van der Waals surface area (Å²) in [5.74, 6) is -2.13. The number of hydrogen-bond acceptors (Lipinski definition) is 3. The van der Waals surface area contributed by atoms with Gasteiger partial charge in [-0.2, -0.15) is 18.4 Å². The highest BCUT2D eigenvalue weighted by atomic mass is 35.5. The van der Waals surface area contributed by atoms with Crippen LogP contribution in [0.5, 0.6) is 5.75 Å². The van der Waals surface area contributed by atoms with Crippen molar-refractivity contribution in [3.05, 3.63) is 23.0 Å². The van der Waals surface area contributed by atoms with Gasteiger partial charge >= 0.3 is 12.5 Å². The molecule has 10 heteroatoms. The number of pyridine rings is 1. The third kappa shape index (κ3) is 3.90. The predicted octanol–water partition coefficient (Wildman–Crippen LogP) is 3.80. The van der Waals surface area contributed by atoms with Crippen molar-refractivity contribution in [2.45, 2.75) is 24.8 Å². The van der Waals surface area contributed by atoms with Crippen molar-refractivity contribution in [2.24, 2.45) is 0 Å². The number of aromatic nitrogens is 1. The van der Waals surface area contributed by atoms with E-state index < -0.39 is 47.4 Å². The molecule has 0 saturated heterocycles. The second-order valence-electron chi connectivity index (χ2n) is 3.45. The Morgan fingerprint density at radius 2 is 1.85 bits per heavy atom. The molecule has 0 amide bonds.